The van der Waals surface area contributed by atoms with Crippen LogP contribution in [0.1, 0.15) is 18.9 Å². The molecule has 0 radical (unpaired) electrons. The van der Waals surface area contributed by atoms with Crippen molar-refractivity contribution < 1.29 is 9.18 Å². The number of hydrogen-bond acceptors (Lipinski definition) is 2. The van der Waals surface area contributed by atoms with E-state index in [4.69, 9.17) is 18.0 Å². The van der Waals surface area contributed by atoms with E-state index in [1.807, 2.05) is 6.92 Å². The van der Waals surface area contributed by atoms with Crippen molar-refractivity contribution in [2.24, 2.45) is 5.73 Å². The maximum Gasteiger partial charge on any atom is 0.226 e. The van der Waals surface area contributed by atoms with Crippen molar-refractivity contribution in [3.8, 4) is 0 Å². The second-order valence-corrected chi connectivity index (χ2v) is 4.85. The molecule has 1 atom stereocenters. The molecule has 1 rings (SSSR count). The van der Waals surface area contributed by atoms with E-state index in [-0.39, 0.29) is 24.2 Å². The zero-order chi connectivity index (χ0) is 13.7. The zero-order valence-electron chi connectivity index (χ0n) is 10.5. The van der Waals surface area contributed by atoms with Crippen LogP contribution in [0.25, 0.3) is 0 Å². The molecule has 0 heterocycles. The van der Waals surface area contributed by atoms with Crippen molar-refractivity contribution >= 4 is 23.1 Å². The predicted octanol–water partition coefficient (Wildman–Crippen LogP) is 1.89. The summed E-state index contributed by atoms with van der Waals surface area (Å²) in [5.74, 6) is -0.341. The summed E-state index contributed by atoms with van der Waals surface area (Å²) >= 11 is 4.82. The SMILES string of the molecule is CC(CC(N)=S)N(C)C(=O)Cc1ccc(F)cc1. The molecule has 0 aliphatic rings. The monoisotopic (exact) mass is 268 g/mol. The van der Waals surface area contributed by atoms with Gasteiger partial charge in [0.1, 0.15) is 5.82 Å². The molecule has 1 aromatic carbocycles. The number of amides is 1. The second-order valence-electron chi connectivity index (χ2n) is 4.33. The lowest BCUT2D eigenvalue weighted by Gasteiger charge is -2.24. The van der Waals surface area contributed by atoms with Crippen molar-refractivity contribution in [2.45, 2.75) is 25.8 Å². The van der Waals surface area contributed by atoms with Crippen LogP contribution >= 0.6 is 12.2 Å². The number of thiocarbonyl (C=S) groups is 1. The van der Waals surface area contributed by atoms with Crippen LogP contribution in [0.2, 0.25) is 0 Å². The minimum absolute atomic E-state index is 0.0320. The Morgan fingerprint density at radius 2 is 2.00 bits per heavy atom. The molecule has 0 aromatic heterocycles. The lowest BCUT2D eigenvalue weighted by molar-refractivity contribution is -0.130. The van der Waals surface area contributed by atoms with Gasteiger partial charge in [-0.3, -0.25) is 4.79 Å². The molecular weight excluding hydrogens is 251 g/mol. The normalized spacial score (nSPS) is 11.9. The summed E-state index contributed by atoms with van der Waals surface area (Å²) in [6, 6.07) is 5.89. The standard InChI is InChI=1S/C13H17FN2OS/c1-9(7-12(15)18)16(2)13(17)8-10-3-5-11(14)6-4-10/h3-6,9H,7-8H2,1-2H3,(H2,15,18). The number of hydrogen-bond donors (Lipinski definition) is 1. The summed E-state index contributed by atoms with van der Waals surface area (Å²) in [6.45, 7) is 1.89. The van der Waals surface area contributed by atoms with E-state index in [1.54, 1.807) is 24.1 Å². The lowest BCUT2D eigenvalue weighted by Crippen LogP contribution is -2.38. The van der Waals surface area contributed by atoms with Gasteiger partial charge in [-0.05, 0) is 24.6 Å². The van der Waals surface area contributed by atoms with Crippen LogP contribution in [0, 0.1) is 5.82 Å². The first-order valence-electron chi connectivity index (χ1n) is 5.68. The predicted molar refractivity (Wildman–Crippen MR) is 73.7 cm³/mol. The van der Waals surface area contributed by atoms with Crippen LogP contribution in [-0.2, 0) is 11.2 Å². The van der Waals surface area contributed by atoms with Crippen LogP contribution < -0.4 is 5.73 Å². The smallest absolute Gasteiger partial charge is 0.226 e. The lowest BCUT2D eigenvalue weighted by atomic mass is 10.1. The Hall–Kier alpha value is -1.49. The van der Waals surface area contributed by atoms with E-state index in [0.717, 1.165) is 5.56 Å². The van der Waals surface area contributed by atoms with Crippen molar-refractivity contribution in [2.75, 3.05) is 7.05 Å². The van der Waals surface area contributed by atoms with Gasteiger partial charge in [-0.2, -0.15) is 0 Å². The molecule has 98 valence electrons. The van der Waals surface area contributed by atoms with Gasteiger partial charge in [-0.25, -0.2) is 4.39 Å². The molecule has 5 heteroatoms. The molecule has 18 heavy (non-hydrogen) atoms. The quantitative estimate of drug-likeness (QED) is 0.830. The highest BCUT2D eigenvalue weighted by Gasteiger charge is 2.16. The fraction of sp³-hybridized carbons (Fsp3) is 0.385. The molecular formula is C13H17FN2OS. The molecule has 0 fully saturated rings. The van der Waals surface area contributed by atoms with Gasteiger partial charge in [-0.1, -0.05) is 24.4 Å². The van der Waals surface area contributed by atoms with Crippen LogP contribution in [0.3, 0.4) is 0 Å². The van der Waals surface area contributed by atoms with Crippen molar-refractivity contribution in [1.29, 1.82) is 0 Å². The summed E-state index contributed by atoms with van der Waals surface area (Å²) in [5.41, 5.74) is 6.24. The molecule has 0 aliphatic carbocycles. The highest BCUT2D eigenvalue weighted by molar-refractivity contribution is 7.80. The fourth-order valence-corrected chi connectivity index (χ4v) is 1.82. The Bertz CT molecular complexity index is 433. The summed E-state index contributed by atoms with van der Waals surface area (Å²) in [6.07, 6.45) is 0.749. The number of carbonyl (C=O) groups excluding carboxylic acids is 1. The molecule has 0 spiro atoms. The molecule has 1 aromatic rings. The number of likely N-dealkylation sites (N-methyl/N-ethyl adjacent to an activating group) is 1. The molecule has 3 nitrogen and oxygen atoms in total. The summed E-state index contributed by atoms with van der Waals surface area (Å²) in [4.78, 5) is 14.0. The maximum atomic E-state index is 12.7. The highest BCUT2D eigenvalue weighted by Crippen LogP contribution is 2.08. The van der Waals surface area contributed by atoms with Gasteiger partial charge in [-0.15, -0.1) is 0 Å². The Morgan fingerprint density at radius 3 is 2.50 bits per heavy atom. The Labute approximate surface area is 112 Å². The molecule has 2 N–H and O–H groups in total. The maximum absolute atomic E-state index is 12.7. The number of nitrogens with zero attached hydrogens (tertiary/aromatic N) is 1. The van der Waals surface area contributed by atoms with Gasteiger partial charge >= 0.3 is 0 Å². The molecule has 0 aliphatic heterocycles. The van der Waals surface area contributed by atoms with E-state index < -0.39 is 0 Å². The number of nitrogens with two attached hydrogens (primary N) is 1. The Morgan fingerprint density at radius 1 is 1.44 bits per heavy atom. The minimum Gasteiger partial charge on any atom is -0.393 e. The minimum atomic E-state index is -0.304. The Balaban J connectivity index is 2.59. The first-order chi connectivity index (χ1) is 8.40. The number of rotatable bonds is 5. The van der Waals surface area contributed by atoms with Gasteiger partial charge in [0.2, 0.25) is 5.91 Å². The molecule has 1 amide bonds. The average molecular weight is 268 g/mol. The third-order valence-electron chi connectivity index (χ3n) is 2.82. The number of benzene rings is 1. The third-order valence-corrected chi connectivity index (χ3v) is 2.99. The molecule has 0 saturated heterocycles. The van der Waals surface area contributed by atoms with Crippen LogP contribution in [0.4, 0.5) is 4.39 Å². The van der Waals surface area contributed by atoms with E-state index in [1.165, 1.54) is 12.1 Å². The number of carbonyl (C=O) groups is 1. The fourth-order valence-electron chi connectivity index (χ4n) is 1.58. The van der Waals surface area contributed by atoms with Gasteiger partial charge < -0.3 is 10.6 Å². The third kappa shape index (κ3) is 4.41. The van der Waals surface area contributed by atoms with E-state index in [2.05, 4.69) is 0 Å². The van der Waals surface area contributed by atoms with E-state index in [9.17, 15) is 9.18 Å². The van der Waals surface area contributed by atoms with E-state index >= 15 is 0 Å². The average Bonchev–Trinajstić information content (AvgIpc) is 2.30. The Kier molecular flexibility index (Phi) is 5.22. The van der Waals surface area contributed by atoms with Gasteiger partial charge in [0.05, 0.1) is 11.4 Å². The van der Waals surface area contributed by atoms with Gasteiger partial charge in [0.15, 0.2) is 0 Å². The van der Waals surface area contributed by atoms with Crippen LogP contribution in [0.5, 0.6) is 0 Å². The van der Waals surface area contributed by atoms with E-state index in [0.29, 0.717) is 11.4 Å². The van der Waals surface area contributed by atoms with Crippen molar-refractivity contribution in [3.05, 3.63) is 35.6 Å². The molecule has 0 saturated carbocycles. The van der Waals surface area contributed by atoms with Crippen molar-refractivity contribution in [3.63, 3.8) is 0 Å². The summed E-state index contributed by atoms with van der Waals surface area (Å²) in [5, 5.41) is 0. The largest absolute Gasteiger partial charge is 0.393 e. The van der Waals surface area contributed by atoms with Gasteiger partial charge in [0.25, 0.3) is 0 Å². The summed E-state index contributed by atoms with van der Waals surface area (Å²) in [7, 11) is 1.72. The highest BCUT2D eigenvalue weighted by atomic mass is 32.1. The first kappa shape index (κ1) is 14.6. The van der Waals surface area contributed by atoms with Crippen LogP contribution in [-0.4, -0.2) is 28.9 Å². The van der Waals surface area contributed by atoms with Crippen molar-refractivity contribution in [1.82, 2.24) is 4.90 Å². The molecule has 1 unspecified atom stereocenters. The number of halogens is 1. The zero-order valence-corrected chi connectivity index (χ0v) is 11.3. The first-order valence-corrected chi connectivity index (χ1v) is 6.09. The summed E-state index contributed by atoms with van der Waals surface area (Å²) < 4.78 is 12.7. The topological polar surface area (TPSA) is 46.3 Å². The van der Waals surface area contributed by atoms with Crippen LogP contribution in [0.15, 0.2) is 24.3 Å². The molecule has 0 bridgehead atoms. The van der Waals surface area contributed by atoms with Gasteiger partial charge in [0, 0.05) is 19.5 Å². The second kappa shape index (κ2) is 6.44.